The maximum atomic E-state index is 6.46. The lowest BCUT2D eigenvalue weighted by atomic mass is 10.0. The van der Waals surface area contributed by atoms with Crippen LogP contribution in [-0.4, -0.2) is 48.0 Å². The van der Waals surface area contributed by atoms with Crippen LogP contribution in [0, 0.1) is 0 Å². The summed E-state index contributed by atoms with van der Waals surface area (Å²) in [6.45, 7) is 5.30. The first kappa shape index (κ1) is 16.5. The van der Waals surface area contributed by atoms with Crippen molar-refractivity contribution in [3.8, 4) is 11.3 Å². The van der Waals surface area contributed by atoms with Gasteiger partial charge in [0.2, 0.25) is 0 Å². The van der Waals surface area contributed by atoms with E-state index in [-0.39, 0.29) is 0 Å². The lowest BCUT2D eigenvalue weighted by Gasteiger charge is -2.32. The standard InChI is InChI=1S/C21H22ClN3/c1-24-10-12-25(13-11-24)15-17-14-16-6-2-3-7-18(16)21(23-17)19-8-4-5-9-20(19)22/h2-9,14H,10-13,15H2,1H3. The van der Waals surface area contributed by atoms with Crippen LogP contribution < -0.4 is 0 Å². The van der Waals surface area contributed by atoms with Gasteiger partial charge in [0.1, 0.15) is 0 Å². The minimum Gasteiger partial charge on any atom is -0.304 e. The Labute approximate surface area is 153 Å². The van der Waals surface area contributed by atoms with Crippen LogP contribution in [0.2, 0.25) is 5.02 Å². The fraction of sp³-hybridized carbons (Fsp3) is 0.286. The molecule has 2 heterocycles. The van der Waals surface area contributed by atoms with E-state index in [0.29, 0.717) is 0 Å². The number of fused-ring (bicyclic) bond motifs is 1. The zero-order valence-corrected chi connectivity index (χ0v) is 15.2. The Hall–Kier alpha value is -1.94. The molecule has 1 saturated heterocycles. The molecule has 0 spiro atoms. The van der Waals surface area contributed by atoms with E-state index < -0.39 is 0 Å². The Morgan fingerprint density at radius 2 is 1.68 bits per heavy atom. The topological polar surface area (TPSA) is 19.4 Å². The number of piperazine rings is 1. The summed E-state index contributed by atoms with van der Waals surface area (Å²) in [4.78, 5) is 9.86. The first-order valence-electron chi connectivity index (χ1n) is 8.75. The van der Waals surface area contributed by atoms with Crippen molar-refractivity contribution in [3.63, 3.8) is 0 Å². The van der Waals surface area contributed by atoms with Gasteiger partial charge in [-0.3, -0.25) is 9.88 Å². The Morgan fingerprint density at radius 1 is 0.960 bits per heavy atom. The summed E-state index contributed by atoms with van der Waals surface area (Å²) in [5.41, 5.74) is 3.09. The van der Waals surface area contributed by atoms with Gasteiger partial charge in [0.05, 0.1) is 11.4 Å². The van der Waals surface area contributed by atoms with Crippen LogP contribution in [0.5, 0.6) is 0 Å². The number of hydrogen-bond acceptors (Lipinski definition) is 3. The Balaban J connectivity index is 1.75. The second kappa shape index (κ2) is 7.12. The van der Waals surface area contributed by atoms with Crippen molar-refractivity contribution in [2.75, 3.05) is 33.2 Å². The molecule has 0 N–H and O–H groups in total. The van der Waals surface area contributed by atoms with E-state index in [1.807, 2.05) is 18.2 Å². The molecule has 3 aromatic rings. The highest BCUT2D eigenvalue weighted by atomic mass is 35.5. The number of pyridine rings is 1. The predicted molar refractivity (Wildman–Crippen MR) is 105 cm³/mol. The second-order valence-electron chi connectivity index (χ2n) is 6.74. The number of halogens is 1. The molecule has 25 heavy (non-hydrogen) atoms. The van der Waals surface area contributed by atoms with Gasteiger partial charge in [-0.05, 0) is 24.6 Å². The molecule has 1 aliphatic heterocycles. The minimum atomic E-state index is 0.747. The van der Waals surface area contributed by atoms with Crippen molar-refractivity contribution in [2.45, 2.75) is 6.54 Å². The molecule has 4 rings (SSSR count). The summed E-state index contributed by atoms with van der Waals surface area (Å²) in [6, 6.07) is 18.6. The van der Waals surface area contributed by atoms with E-state index in [9.17, 15) is 0 Å². The average molecular weight is 352 g/mol. The molecule has 1 aliphatic rings. The van der Waals surface area contributed by atoms with E-state index >= 15 is 0 Å². The van der Waals surface area contributed by atoms with Crippen molar-refractivity contribution in [3.05, 3.63) is 65.3 Å². The van der Waals surface area contributed by atoms with Gasteiger partial charge in [0.15, 0.2) is 0 Å². The third-order valence-electron chi connectivity index (χ3n) is 4.90. The van der Waals surface area contributed by atoms with Crippen molar-refractivity contribution in [1.82, 2.24) is 14.8 Å². The highest BCUT2D eigenvalue weighted by Gasteiger charge is 2.16. The zero-order chi connectivity index (χ0) is 17.2. The molecule has 1 fully saturated rings. The van der Waals surface area contributed by atoms with Crippen LogP contribution in [0.3, 0.4) is 0 Å². The third-order valence-corrected chi connectivity index (χ3v) is 5.23. The number of benzene rings is 2. The number of hydrogen-bond donors (Lipinski definition) is 0. The number of rotatable bonds is 3. The molecule has 1 aromatic heterocycles. The van der Waals surface area contributed by atoms with Gasteiger partial charge in [-0.2, -0.15) is 0 Å². The Bertz CT molecular complexity index is 885. The second-order valence-corrected chi connectivity index (χ2v) is 7.15. The number of nitrogens with zero attached hydrogens (tertiary/aromatic N) is 3. The van der Waals surface area contributed by atoms with E-state index in [1.54, 1.807) is 0 Å². The van der Waals surface area contributed by atoms with Crippen molar-refractivity contribution >= 4 is 22.4 Å². The Morgan fingerprint density at radius 3 is 2.48 bits per heavy atom. The van der Waals surface area contributed by atoms with Gasteiger partial charge in [-0.1, -0.05) is 54.1 Å². The van der Waals surface area contributed by atoms with Crippen LogP contribution in [0.4, 0.5) is 0 Å². The molecule has 0 radical (unpaired) electrons. The fourth-order valence-electron chi connectivity index (χ4n) is 3.43. The minimum absolute atomic E-state index is 0.747. The molecule has 0 saturated carbocycles. The van der Waals surface area contributed by atoms with Gasteiger partial charge in [0.25, 0.3) is 0 Å². The van der Waals surface area contributed by atoms with Crippen LogP contribution in [-0.2, 0) is 6.54 Å². The quantitative estimate of drug-likeness (QED) is 0.701. The lowest BCUT2D eigenvalue weighted by molar-refractivity contribution is 0.147. The maximum Gasteiger partial charge on any atom is 0.0799 e. The summed E-state index contributed by atoms with van der Waals surface area (Å²) in [6.07, 6.45) is 0. The molecule has 4 heteroatoms. The van der Waals surface area contributed by atoms with Crippen LogP contribution in [0.1, 0.15) is 5.69 Å². The summed E-state index contributed by atoms with van der Waals surface area (Å²) in [5, 5.41) is 3.12. The van der Waals surface area contributed by atoms with Crippen molar-refractivity contribution in [2.24, 2.45) is 0 Å². The van der Waals surface area contributed by atoms with E-state index in [2.05, 4.69) is 53.2 Å². The highest BCUT2D eigenvalue weighted by molar-refractivity contribution is 6.33. The van der Waals surface area contributed by atoms with Crippen LogP contribution >= 0.6 is 11.6 Å². The van der Waals surface area contributed by atoms with Gasteiger partial charge < -0.3 is 4.90 Å². The van der Waals surface area contributed by atoms with Crippen molar-refractivity contribution in [1.29, 1.82) is 0 Å². The van der Waals surface area contributed by atoms with Crippen LogP contribution in [0.25, 0.3) is 22.0 Å². The molecule has 0 atom stereocenters. The molecule has 128 valence electrons. The van der Waals surface area contributed by atoms with Gasteiger partial charge in [-0.25, -0.2) is 0 Å². The summed E-state index contributed by atoms with van der Waals surface area (Å²) < 4.78 is 0. The largest absolute Gasteiger partial charge is 0.304 e. The molecule has 2 aromatic carbocycles. The van der Waals surface area contributed by atoms with E-state index in [0.717, 1.165) is 60.1 Å². The van der Waals surface area contributed by atoms with Gasteiger partial charge in [-0.15, -0.1) is 0 Å². The fourth-order valence-corrected chi connectivity index (χ4v) is 3.65. The molecule has 3 nitrogen and oxygen atoms in total. The molecular weight excluding hydrogens is 330 g/mol. The van der Waals surface area contributed by atoms with Crippen molar-refractivity contribution < 1.29 is 0 Å². The normalized spacial score (nSPS) is 16.4. The SMILES string of the molecule is CN1CCN(Cc2cc3ccccc3c(-c3ccccc3Cl)n2)CC1. The summed E-state index contributed by atoms with van der Waals surface area (Å²) >= 11 is 6.46. The highest BCUT2D eigenvalue weighted by Crippen LogP contribution is 2.32. The molecule has 0 bridgehead atoms. The lowest BCUT2D eigenvalue weighted by Crippen LogP contribution is -2.44. The van der Waals surface area contributed by atoms with Gasteiger partial charge in [0, 0.05) is 48.7 Å². The average Bonchev–Trinajstić information content (AvgIpc) is 2.63. The molecular formula is C21H22ClN3. The third kappa shape index (κ3) is 3.54. The predicted octanol–water partition coefficient (Wildman–Crippen LogP) is 4.30. The molecule has 0 amide bonds. The van der Waals surface area contributed by atoms with E-state index in [1.165, 1.54) is 5.39 Å². The summed E-state index contributed by atoms with van der Waals surface area (Å²) in [7, 11) is 2.18. The smallest absolute Gasteiger partial charge is 0.0799 e. The first-order valence-corrected chi connectivity index (χ1v) is 9.13. The summed E-state index contributed by atoms with van der Waals surface area (Å²) in [5.74, 6) is 0. The first-order chi connectivity index (χ1) is 12.2. The maximum absolute atomic E-state index is 6.46. The number of aromatic nitrogens is 1. The van der Waals surface area contributed by atoms with E-state index in [4.69, 9.17) is 16.6 Å². The van der Waals surface area contributed by atoms with Crippen LogP contribution in [0.15, 0.2) is 54.6 Å². The zero-order valence-electron chi connectivity index (χ0n) is 14.5. The number of likely N-dealkylation sites (N-methyl/N-ethyl adjacent to an activating group) is 1. The Kier molecular flexibility index (Phi) is 4.71. The monoisotopic (exact) mass is 351 g/mol. The van der Waals surface area contributed by atoms with Gasteiger partial charge >= 0.3 is 0 Å². The molecule has 0 aliphatic carbocycles. The molecule has 0 unspecified atom stereocenters.